The van der Waals surface area contributed by atoms with Crippen LogP contribution in [-0.4, -0.2) is 31.7 Å². The first-order valence-corrected chi connectivity index (χ1v) is 2.68. The number of hydrogen-bond donors (Lipinski definition) is 0. The Hall–Kier alpha value is 0.326. The molecule has 0 aliphatic carbocycles. The minimum absolute atomic E-state index is 0. The summed E-state index contributed by atoms with van der Waals surface area (Å²) in [5.74, 6) is 0. The molecule has 0 amide bonds. The fourth-order valence-corrected chi connectivity index (χ4v) is 0.541. The maximum atomic E-state index is 3.93. The zero-order valence-corrected chi connectivity index (χ0v) is 7.21. The van der Waals surface area contributed by atoms with Crippen LogP contribution in [0.15, 0.2) is 18.6 Å². The topological polar surface area (TPSA) is 25.8 Å². The van der Waals surface area contributed by atoms with Crippen molar-refractivity contribution >= 4 is 25.5 Å². The minimum atomic E-state index is 0. The molecule has 0 atom stereocenters. The number of rotatable bonds is 0. The average Bonchev–Trinajstić information content (AvgIpc) is 1.69. The molecule has 0 radical (unpaired) electrons. The van der Waals surface area contributed by atoms with Crippen molar-refractivity contribution in [1.82, 2.24) is 9.97 Å². The number of hydrogen-bond acceptors (Lipinski definition) is 2. The van der Waals surface area contributed by atoms with Gasteiger partial charge >= 0.3 is 54.1 Å². The van der Waals surface area contributed by atoms with Gasteiger partial charge in [0, 0.05) is 0 Å². The van der Waals surface area contributed by atoms with E-state index in [1.54, 1.807) is 40.3 Å². The summed E-state index contributed by atoms with van der Waals surface area (Å²) in [5.41, 5.74) is 0. The molecular weight excluding hydrogens is 180 g/mol. The third-order valence-electron chi connectivity index (χ3n) is 0.617. The Labute approximate surface area is 70.9 Å². The number of aromatic nitrogens is 2. The second kappa shape index (κ2) is 4.23. The van der Waals surface area contributed by atoms with Crippen molar-refractivity contribution in [3.8, 4) is 0 Å². The molecule has 1 heterocycles. The predicted octanol–water partition coefficient (Wildman–Crippen LogP) is -3.73. The fraction of sp³-hybridized carbons (Fsp3) is 0. The zero-order chi connectivity index (χ0) is 5.11. The van der Waals surface area contributed by atoms with E-state index in [4.69, 9.17) is 0 Å². The van der Waals surface area contributed by atoms with Gasteiger partial charge in [-0.2, -0.15) is 0 Å². The molecule has 2 nitrogen and oxygen atoms in total. The molecular formula is C4H3BrMgN2. The standard InChI is InChI=1S/C4H3N2.BrH.Mg/c1-2-6-4-3-5-1;;/h1-3H;1H;/q;;+1/p-1. The van der Waals surface area contributed by atoms with Crippen molar-refractivity contribution in [3.63, 3.8) is 0 Å². The molecule has 0 unspecified atom stereocenters. The molecule has 0 bridgehead atoms. The molecule has 0 saturated heterocycles. The van der Waals surface area contributed by atoms with E-state index >= 15 is 0 Å². The van der Waals surface area contributed by atoms with Crippen LogP contribution >= 0.6 is 0 Å². The summed E-state index contributed by atoms with van der Waals surface area (Å²) in [4.78, 5) is 7.76. The van der Waals surface area contributed by atoms with Crippen molar-refractivity contribution in [2.75, 3.05) is 0 Å². The summed E-state index contributed by atoms with van der Waals surface area (Å²) >= 11 is 1.73. The van der Waals surface area contributed by atoms with Crippen LogP contribution in [0.3, 0.4) is 0 Å². The van der Waals surface area contributed by atoms with Crippen molar-refractivity contribution in [2.45, 2.75) is 0 Å². The molecule has 38 valence electrons. The monoisotopic (exact) mass is 182 g/mol. The number of nitrogens with zero attached hydrogens (tertiary/aromatic N) is 2. The molecule has 0 saturated carbocycles. The second-order valence-electron chi connectivity index (χ2n) is 1.20. The molecule has 0 fully saturated rings. The van der Waals surface area contributed by atoms with E-state index in [1.807, 2.05) is 0 Å². The summed E-state index contributed by atoms with van der Waals surface area (Å²) in [5, 5.41) is 0. The Morgan fingerprint density at radius 2 is 2.12 bits per heavy atom. The zero-order valence-electron chi connectivity index (χ0n) is 4.21. The van der Waals surface area contributed by atoms with Gasteiger partial charge in [-0.1, -0.05) is 0 Å². The molecule has 1 aromatic rings. The van der Waals surface area contributed by atoms with Gasteiger partial charge in [0.15, 0.2) is 0 Å². The summed E-state index contributed by atoms with van der Waals surface area (Å²) in [6.07, 6.45) is 5.08. The second-order valence-corrected chi connectivity index (χ2v) is 1.92. The van der Waals surface area contributed by atoms with Gasteiger partial charge in [0.2, 0.25) is 0 Å². The maximum absolute atomic E-state index is 3.93. The van der Waals surface area contributed by atoms with Crippen LogP contribution in [0.25, 0.3) is 0 Å². The Balaban J connectivity index is 0.000000490. The van der Waals surface area contributed by atoms with E-state index in [-0.39, 0.29) is 17.0 Å². The first-order chi connectivity index (χ1) is 3.39. The molecule has 1 rings (SSSR count). The van der Waals surface area contributed by atoms with Crippen LogP contribution in [0.1, 0.15) is 0 Å². The van der Waals surface area contributed by atoms with E-state index in [2.05, 4.69) is 9.97 Å². The molecule has 0 N–H and O–H groups in total. The van der Waals surface area contributed by atoms with Gasteiger partial charge in [0.05, 0.1) is 0 Å². The van der Waals surface area contributed by atoms with Gasteiger partial charge < -0.3 is 17.0 Å². The molecule has 8 heavy (non-hydrogen) atoms. The first kappa shape index (κ1) is 8.33. The summed E-state index contributed by atoms with van der Waals surface area (Å²) in [6, 6.07) is 0. The fourth-order valence-electron chi connectivity index (χ4n) is 0.330. The Kier molecular flexibility index (Phi) is 4.40. The summed E-state index contributed by atoms with van der Waals surface area (Å²) < 4.78 is 0.988. The van der Waals surface area contributed by atoms with E-state index < -0.39 is 0 Å². The Bertz CT molecular complexity index is 144. The van der Waals surface area contributed by atoms with Gasteiger partial charge in [-0.25, -0.2) is 0 Å². The van der Waals surface area contributed by atoms with Gasteiger partial charge in [-0.3, -0.25) is 0 Å². The molecule has 0 aromatic carbocycles. The predicted molar refractivity (Wildman–Crippen MR) is 27.4 cm³/mol. The molecule has 0 aliphatic rings. The first-order valence-electron chi connectivity index (χ1n) is 1.97. The average molecular weight is 183 g/mol. The van der Waals surface area contributed by atoms with Gasteiger partial charge in [-0.05, 0) is 0 Å². The van der Waals surface area contributed by atoms with Crippen LogP contribution in [0.2, 0.25) is 0 Å². The normalized spacial score (nSPS) is 7.75. The van der Waals surface area contributed by atoms with E-state index in [9.17, 15) is 0 Å². The van der Waals surface area contributed by atoms with E-state index in [0.29, 0.717) is 0 Å². The quantitative estimate of drug-likeness (QED) is 0.387. The van der Waals surface area contributed by atoms with Gasteiger partial charge in [0.25, 0.3) is 0 Å². The summed E-state index contributed by atoms with van der Waals surface area (Å²) in [6.45, 7) is 0. The molecule has 0 aliphatic heterocycles. The molecule has 0 spiro atoms. The van der Waals surface area contributed by atoms with Crippen molar-refractivity contribution in [1.29, 1.82) is 0 Å². The Morgan fingerprint density at radius 1 is 1.38 bits per heavy atom. The summed E-state index contributed by atoms with van der Waals surface area (Å²) in [7, 11) is 0. The molecule has 1 aromatic heterocycles. The van der Waals surface area contributed by atoms with Crippen LogP contribution in [0, 0.1) is 0 Å². The number of halogens is 1. The SMILES string of the molecule is [Br-].[Mg+][c]1cnccn1. The third kappa shape index (κ3) is 2.59. The van der Waals surface area contributed by atoms with E-state index in [0.717, 1.165) is 3.82 Å². The van der Waals surface area contributed by atoms with Crippen molar-refractivity contribution in [3.05, 3.63) is 18.6 Å². The van der Waals surface area contributed by atoms with Crippen LogP contribution in [-0.2, 0) is 0 Å². The molecule has 4 heteroatoms. The van der Waals surface area contributed by atoms with Crippen LogP contribution in [0.4, 0.5) is 0 Å². The van der Waals surface area contributed by atoms with Crippen molar-refractivity contribution in [2.24, 2.45) is 0 Å². The van der Waals surface area contributed by atoms with Crippen LogP contribution < -0.4 is 20.8 Å². The van der Waals surface area contributed by atoms with E-state index in [1.165, 1.54) is 0 Å². The van der Waals surface area contributed by atoms with Crippen molar-refractivity contribution < 1.29 is 17.0 Å². The van der Waals surface area contributed by atoms with Gasteiger partial charge in [0.1, 0.15) is 0 Å². The Morgan fingerprint density at radius 3 is 2.38 bits per heavy atom. The van der Waals surface area contributed by atoms with Gasteiger partial charge in [-0.15, -0.1) is 0 Å². The van der Waals surface area contributed by atoms with Crippen LogP contribution in [0.5, 0.6) is 0 Å². The third-order valence-corrected chi connectivity index (χ3v) is 0.982.